The van der Waals surface area contributed by atoms with Gasteiger partial charge in [-0.25, -0.2) is 5.48 Å². The molecule has 8 nitrogen and oxygen atoms in total. The minimum atomic E-state index is -0.669. The van der Waals surface area contributed by atoms with Gasteiger partial charge in [-0.1, -0.05) is 54.6 Å². The summed E-state index contributed by atoms with van der Waals surface area (Å²) in [7, 11) is 0. The minimum Gasteiger partial charge on any atom is -0.489 e. The van der Waals surface area contributed by atoms with E-state index in [0.717, 1.165) is 28.2 Å². The summed E-state index contributed by atoms with van der Waals surface area (Å²) in [6.07, 6.45) is 0.124. The van der Waals surface area contributed by atoms with Gasteiger partial charge in [-0.2, -0.15) is 0 Å². The van der Waals surface area contributed by atoms with Gasteiger partial charge in [0.05, 0.1) is 5.92 Å². The molecule has 2 heterocycles. The van der Waals surface area contributed by atoms with Crippen LogP contribution in [0.5, 0.6) is 28.7 Å². The number of fused-ring (bicyclic) bond motifs is 2. The zero-order valence-electron chi connectivity index (χ0n) is 20.3. The SMILES string of the molecule is O=C(NO)C(c1ccccc1)c1cccc(OCc2ccc3c(c2)OC(Cc2ccc4c(c2)OCO4)O3)c1. The number of hydrogen-bond acceptors (Lipinski definition) is 7. The Kier molecular flexibility index (Phi) is 6.46. The Labute approximate surface area is 219 Å². The van der Waals surface area contributed by atoms with Gasteiger partial charge >= 0.3 is 0 Å². The highest BCUT2D eigenvalue weighted by molar-refractivity contribution is 5.86. The highest BCUT2D eigenvalue weighted by Crippen LogP contribution is 2.38. The van der Waals surface area contributed by atoms with E-state index in [0.29, 0.717) is 35.8 Å². The number of rotatable bonds is 8. The van der Waals surface area contributed by atoms with Crippen molar-refractivity contribution in [3.8, 4) is 28.7 Å². The number of carbonyl (C=O) groups excluding carboxylic acids is 1. The molecule has 8 heteroatoms. The number of hydrogen-bond donors (Lipinski definition) is 2. The average Bonchev–Trinajstić information content (AvgIpc) is 3.58. The molecule has 1 amide bonds. The molecule has 4 aromatic rings. The quantitative estimate of drug-likeness (QED) is 0.255. The van der Waals surface area contributed by atoms with E-state index in [4.69, 9.17) is 23.7 Å². The van der Waals surface area contributed by atoms with Gasteiger partial charge in [-0.3, -0.25) is 10.0 Å². The van der Waals surface area contributed by atoms with Crippen molar-refractivity contribution in [3.05, 3.63) is 113 Å². The Morgan fingerprint density at radius 1 is 0.816 bits per heavy atom. The highest BCUT2D eigenvalue weighted by atomic mass is 16.7. The van der Waals surface area contributed by atoms with Gasteiger partial charge in [0, 0.05) is 6.42 Å². The summed E-state index contributed by atoms with van der Waals surface area (Å²) in [5.74, 6) is 2.24. The van der Waals surface area contributed by atoms with Crippen molar-refractivity contribution < 1.29 is 33.7 Å². The molecule has 0 aliphatic carbocycles. The van der Waals surface area contributed by atoms with E-state index >= 15 is 0 Å². The molecular weight excluding hydrogens is 486 g/mol. The largest absolute Gasteiger partial charge is 0.489 e. The van der Waals surface area contributed by atoms with Crippen molar-refractivity contribution in [2.45, 2.75) is 25.2 Å². The van der Waals surface area contributed by atoms with Crippen LogP contribution in [0.4, 0.5) is 0 Å². The Morgan fingerprint density at radius 3 is 2.42 bits per heavy atom. The first-order chi connectivity index (χ1) is 18.7. The van der Waals surface area contributed by atoms with E-state index in [1.807, 2.05) is 84.9 Å². The van der Waals surface area contributed by atoms with Gasteiger partial charge in [0.1, 0.15) is 12.4 Å². The normalized spacial score (nSPS) is 15.7. The third-order valence-electron chi connectivity index (χ3n) is 6.47. The van der Waals surface area contributed by atoms with Crippen LogP contribution in [0, 0.1) is 0 Å². The van der Waals surface area contributed by atoms with Gasteiger partial charge in [-0.15, -0.1) is 0 Å². The molecule has 2 unspecified atom stereocenters. The molecular formula is C30H25NO7. The lowest BCUT2D eigenvalue weighted by atomic mass is 9.90. The van der Waals surface area contributed by atoms with Crippen LogP contribution in [0.3, 0.4) is 0 Å². The van der Waals surface area contributed by atoms with Crippen molar-refractivity contribution in [3.63, 3.8) is 0 Å². The van der Waals surface area contributed by atoms with Gasteiger partial charge < -0.3 is 23.7 Å². The predicted molar refractivity (Wildman–Crippen MR) is 137 cm³/mol. The van der Waals surface area contributed by atoms with E-state index in [1.165, 1.54) is 0 Å². The van der Waals surface area contributed by atoms with Crippen LogP contribution in [0.2, 0.25) is 0 Å². The Bertz CT molecular complexity index is 1460. The molecule has 0 spiro atoms. The predicted octanol–water partition coefficient (Wildman–Crippen LogP) is 4.97. The molecule has 2 N–H and O–H groups in total. The number of amides is 1. The molecule has 38 heavy (non-hydrogen) atoms. The van der Waals surface area contributed by atoms with E-state index in [2.05, 4.69) is 0 Å². The maximum absolute atomic E-state index is 12.5. The lowest BCUT2D eigenvalue weighted by molar-refractivity contribution is -0.129. The average molecular weight is 512 g/mol. The molecule has 6 rings (SSSR count). The number of nitrogens with one attached hydrogen (secondary N) is 1. The summed E-state index contributed by atoms with van der Waals surface area (Å²) in [5.41, 5.74) is 5.19. The van der Waals surface area contributed by atoms with Crippen molar-refractivity contribution >= 4 is 5.91 Å². The molecule has 2 aliphatic rings. The molecule has 0 bridgehead atoms. The highest BCUT2D eigenvalue weighted by Gasteiger charge is 2.26. The Balaban J connectivity index is 1.11. The van der Waals surface area contributed by atoms with E-state index in [-0.39, 0.29) is 6.79 Å². The molecule has 4 aromatic carbocycles. The first kappa shape index (κ1) is 23.7. The molecule has 0 radical (unpaired) electrons. The maximum atomic E-state index is 12.5. The van der Waals surface area contributed by atoms with Crippen LogP contribution in [-0.4, -0.2) is 24.2 Å². The maximum Gasteiger partial charge on any atom is 0.255 e. The summed E-state index contributed by atoms with van der Waals surface area (Å²) < 4.78 is 28.9. The molecule has 2 aliphatic heterocycles. The lowest BCUT2D eigenvalue weighted by Crippen LogP contribution is -2.27. The first-order valence-corrected chi connectivity index (χ1v) is 12.2. The minimum absolute atomic E-state index is 0.237. The molecule has 2 atom stereocenters. The molecule has 192 valence electrons. The second-order valence-corrected chi connectivity index (χ2v) is 9.02. The second kappa shape index (κ2) is 10.4. The van der Waals surface area contributed by atoms with Crippen LogP contribution in [0.15, 0.2) is 91.0 Å². The van der Waals surface area contributed by atoms with Crippen LogP contribution >= 0.6 is 0 Å². The van der Waals surface area contributed by atoms with Crippen LogP contribution in [-0.2, 0) is 17.8 Å². The zero-order valence-corrected chi connectivity index (χ0v) is 20.3. The molecule has 0 saturated carbocycles. The standard InChI is InChI=1S/C30H25NO7/c32-30(31-33)29(21-5-2-1-3-6-21)22-7-4-8-23(16-22)34-17-20-10-12-25-27(14-20)38-28(37-25)15-19-9-11-24-26(13-19)36-18-35-24/h1-14,16,28-29,33H,15,17-18H2,(H,31,32). The second-order valence-electron chi connectivity index (χ2n) is 9.02. The first-order valence-electron chi connectivity index (χ1n) is 12.2. The fraction of sp³-hybridized carbons (Fsp3) is 0.167. The Hall–Kier alpha value is -4.69. The summed E-state index contributed by atoms with van der Waals surface area (Å²) in [5, 5.41) is 9.30. The monoisotopic (exact) mass is 511 g/mol. The van der Waals surface area contributed by atoms with Crippen LogP contribution in [0.1, 0.15) is 28.2 Å². The fourth-order valence-electron chi connectivity index (χ4n) is 4.64. The van der Waals surface area contributed by atoms with Crippen molar-refractivity contribution in [2.75, 3.05) is 6.79 Å². The van der Waals surface area contributed by atoms with E-state index in [9.17, 15) is 10.0 Å². The van der Waals surface area contributed by atoms with E-state index in [1.54, 1.807) is 11.5 Å². The summed E-state index contributed by atoms with van der Waals surface area (Å²) in [6.45, 7) is 0.538. The smallest absolute Gasteiger partial charge is 0.255 e. The summed E-state index contributed by atoms with van der Waals surface area (Å²) >= 11 is 0. The molecule has 0 aromatic heterocycles. The Morgan fingerprint density at radius 2 is 1.55 bits per heavy atom. The topological polar surface area (TPSA) is 95.5 Å². The van der Waals surface area contributed by atoms with Crippen LogP contribution in [0.25, 0.3) is 0 Å². The molecule has 0 saturated heterocycles. The van der Waals surface area contributed by atoms with Crippen molar-refractivity contribution in [2.24, 2.45) is 0 Å². The lowest BCUT2D eigenvalue weighted by Gasteiger charge is -2.17. The third-order valence-corrected chi connectivity index (χ3v) is 6.47. The van der Waals surface area contributed by atoms with Crippen molar-refractivity contribution in [1.29, 1.82) is 0 Å². The van der Waals surface area contributed by atoms with E-state index < -0.39 is 18.1 Å². The van der Waals surface area contributed by atoms with Gasteiger partial charge in [0.2, 0.25) is 13.1 Å². The fourth-order valence-corrected chi connectivity index (χ4v) is 4.64. The van der Waals surface area contributed by atoms with Gasteiger partial charge in [-0.05, 0) is 58.7 Å². The summed E-state index contributed by atoms with van der Waals surface area (Å²) in [6, 6.07) is 28.1. The van der Waals surface area contributed by atoms with Gasteiger partial charge in [0.25, 0.3) is 5.91 Å². The summed E-state index contributed by atoms with van der Waals surface area (Å²) in [4.78, 5) is 12.5. The van der Waals surface area contributed by atoms with Crippen LogP contribution < -0.4 is 29.2 Å². The molecule has 0 fully saturated rings. The number of ether oxygens (including phenoxy) is 5. The zero-order chi connectivity index (χ0) is 25.9. The van der Waals surface area contributed by atoms with Crippen molar-refractivity contribution in [1.82, 2.24) is 5.48 Å². The van der Waals surface area contributed by atoms with Gasteiger partial charge in [0.15, 0.2) is 23.0 Å². The third kappa shape index (κ3) is 4.94. The number of carbonyl (C=O) groups is 1. The number of benzene rings is 4. The number of hydroxylamine groups is 1.